The van der Waals surface area contributed by atoms with E-state index in [1.807, 2.05) is 24.3 Å². The van der Waals surface area contributed by atoms with E-state index in [4.69, 9.17) is 4.74 Å². The monoisotopic (exact) mass is 332 g/mol. The van der Waals surface area contributed by atoms with Crippen LogP contribution in [0.1, 0.15) is 31.7 Å². The van der Waals surface area contributed by atoms with Gasteiger partial charge in [-0.3, -0.25) is 9.69 Å². The average molecular weight is 332 g/mol. The summed E-state index contributed by atoms with van der Waals surface area (Å²) in [5, 5.41) is 10.2. The molecule has 130 valence electrons. The second-order valence-corrected chi connectivity index (χ2v) is 6.40. The average Bonchev–Trinajstić information content (AvgIpc) is 2.85. The highest BCUT2D eigenvalue weighted by molar-refractivity contribution is 6.04. The van der Waals surface area contributed by atoms with Gasteiger partial charge >= 0.3 is 6.03 Å². The van der Waals surface area contributed by atoms with E-state index in [1.54, 1.807) is 4.90 Å². The van der Waals surface area contributed by atoms with E-state index < -0.39 is 6.10 Å². The number of urea groups is 1. The van der Waals surface area contributed by atoms with Crippen molar-refractivity contribution in [3.05, 3.63) is 29.8 Å². The molecule has 24 heavy (non-hydrogen) atoms. The highest BCUT2D eigenvalue weighted by Gasteiger charge is 2.46. The van der Waals surface area contributed by atoms with Gasteiger partial charge in [-0.2, -0.15) is 0 Å². The molecule has 3 rings (SSSR count). The quantitative estimate of drug-likeness (QED) is 0.807. The molecule has 1 aromatic carbocycles. The fourth-order valence-corrected chi connectivity index (χ4v) is 3.33. The van der Waals surface area contributed by atoms with Crippen molar-refractivity contribution in [2.24, 2.45) is 0 Å². The second kappa shape index (κ2) is 7.21. The van der Waals surface area contributed by atoms with Gasteiger partial charge in [-0.15, -0.1) is 0 Å². The fourth-order valence-electron chi connectivity index (χ4n) is 3.33. The summed E-state index contributed by atoms with van der Waals surface area (Å²) < 4.78 is 5.60. The van der Waals surface area contributed by atoms with Gasteiger partial charge < -0.3 is 14.7 Å². The number of hydrogen-bond donors (Lipinski definition) is 1. The standard InChI is InChI=1S/C18H24N2O4/c1-2-13-6-5-7-15(10-13)24-12-14(21)11-20-17(22)16-8-3-4-9-19(16)18(20)23/h5-7,10,14,16,21H,2-4,8-9,11-12H2,1H3/t14-,16-/m0/s1. The molecular weight excluding hydrogens is 308 g/mol. The number of aliphatic hydroxyl groups is 1. The molecule has 2 aliphatic rings. The maximum Gasteiger partial charge on any atom is 0.327 e. The lowest BCUT2D eigenvalue weighted by Crippen LogP contribution is -2.40. The third-order valence-electron chi connectivity index (χ3n) is 4.67. The Morgan fingerprint density at radius 2 is 2.17 bits per heavy atom. The molecule has 0 unspecified atom stereocenters. The van der Waals surface area contributed by atoms with E-state index in [-0.39, 0.29) is 31.1 Å². The van der Waals surface area contributed by atoms with Gasteiger partial charge in [0.25, 0.3) is 5.91 Å². The number of imide groups is 1. The number of nitrogens with zero attached hydrogens (tertiary/aromatic N) is 2. The number of ether oxygens (including phenoxy) is 1. The van der Waals surface area contributed by atoms with Gasteiger partial charge in [-0.25, -0.2) is 4.79 Å². The van der Waals surface area contributed by atoms with Crippen LogP contribution in [0.5, 0.6) is 5.75 Å². The van der Waals surface area contributed by atoms with Gasteiger partial charge in [0.1, 0.15) is 24.5 Å². The summed E-state index contributed by atoms with van der Waals surface area (Å²) in [6.45, 7) is 2.72. The Kier molecular flexibility index (Phi) is 5.04. The summed E-state index contributed by atoms with van der Waals surface area (Å²) in [4.78, 5) is 27.5. The van der Waals surface area contributed by atoms with E-state index in [1.165, 1.54) is 4.90 Å². The van der Waals surface area contributed by atoms with Crippen molar-refractivity contribution in [1.29, 1.82) is 0 Å². The molecule has 2 saturated heterocycles. The second-order valence-electron chi connectivity index (χ2n) is 6.40. The van der Waals surface area contributed by atoms with Gasteiger partial charge in [0.15, 0.2) is 0 Å². The number of carbonyl (C=O) groups is 2. The number of benzene rings is 1. The van der Waals surface area contributed by atoms with Crippen molar-refractivity contribution >= 4 is 11.9 Å². The minimum atomic E-state index is -0.899. The van der Waals surface area contributed by atoms with E-state index in [0.717, 1.165) is 31.2 Å². The lowest BCUT2D eigenvalue weighted by molar-refractivity contribution is -0.129. The molecule has 0 radical (unpaired) electrons. The van der Waals surface area contributed by atoms with Crippen LogP contribution in [0.3, 0.4) is 0 Å². The van der Waals surface area contributed by atoms with Crippen LogP contribution >= 0.6 is 0 Å². The van der Waals surface area contributed by atoms with Crippen LogP contribution in [0, 0.1) is 0 Å². The van der Waals surface area contributed by atoms with Crippen LogP contribution in [-0.4, -0.2) is 58.7 Å². The number of aryl methyl sites for hydroxylation is 1. The molecule has 0 bridgehead atoms. The Labute approximate surface area is 142 Å². The van der Waals surface area contributed by atoms with Crippen molar-refractivity contribution in [2.45, 2.75) is 44.8 Å². The van der Waals surface area contributed by atoms with E-state index >= 15 is 0 Å². The summed E-state index contributed by atoms with van der Waals surface area (Å²) >= 11 is 0. The molecule has 6 nitrogen and oxygen atoms in total. The molecule has 3 amide bonds. The highest BCUT2D eigenvalue weighted by Crippen LogP contribution is 2.26. The number of hydrogen-bond acceptors (Lipinski definition) is 4. The van der Waals surface area contributed by atoms with Gasteiger partial charge in [0, 0.05) is 6.54 Å². The molecule has 2 fully saturated rings. The third kappa shape index (κ3) is 3.38. The summed E-state index contributed by atoms with van der Waals surface area (Å²) in [7, 11) is 0. The molecule has 0 saturated carbocycles. The smallest absolute Gasteiger partial charge is 0.327 e. The summed E-state index contributed by atoms with van der Waals surface area (Å²) in [5.41, 5.74) is 1.16. The van der Waals surface area contributed by atoms with Crippen molar-refractivity contribution in [2.75, 3.05) is 19.7 Å². The Morgan fingerprint density at radius 1 is 1.33 bits per heavy atom. The molecule has 1 N–H and O–H groups in total. The first-order valence-electron chi connectivity index (χ1n) is 8.62. The van der Waals surface area contributed by atoms with E-state index in [2.05, 4.69) is 6.92 Å². The van der Waals surface area contributed by atoms with Crippen molar-refractivity contribution in [1.82, 2.24) is 9.80 Å². The molecule has 0 aliphatic carbocycles. The largest absolute Gasteiger partial charge is 0.491 e. The maximum absolute atomic E-state index is 12.4. The summed E-state index contributed by atoms with van der Waals surface area (Å²) in [6.07, 6.45) is 2.63. The lowest BCUT2D eigenvalue weighted by Gasteiger charge is -2.26. The van der Waals surface area contributed by atoms with Crippen molar-refractivity contribution in [3.8, 4) is 5.75 Å². The topological polar surface area (TPSA) is 70.1 Å². The Bertz CT molecular complexity index is 595. The number of fused-ring (bicyclic) bond motifs is 1. The Hall–Kier alpha value is -2.08. The number of piperidine rings is 1. The number of carbonyl (C=O) groups excluding carboxylic acids is 2. The zero-order chi connectivity index (χ0) is 17.1. The number of β-amino-alcohol motifs (C(OH)–C–C–N with tert-alkyl or cyclic N) is 1. The zero-order valence-electron chi connectivity index (χ0n) is 14.0. The Morgan fingerprint density at radius 3 is 2.92 bits per heavy atom. The third-order valence-corrected chi connectivity index (χ3v) is 4.67. The van der Waals surface area contributed by atoms with Gasteiger partial charge in [0.05, 0.1) is 6.54 Å². The maximum atomic E-state index is 12.4. The van der Waals surface area contributed by atoms with E-state index in [9.17, 15) is 14.7 Å². The first-order chi connectivity index (χ1) is 11.6. The van der Waals surface area contributed by atoms with Crippen LogP contribution in [0.4, 0.5) is 4.79 Å². The Balaban J connectivity index is 1.55. The molecule has 0 aromatic heterocycles. The summed E-state index contributed by atoms with van der Waals surface area (Å²) in [5.74, 6) is 0.497. The molecule has 2 heterocycles. The van der Waals surface area contributed by atoms with Crippen LogP contribution in [0.15, 0.2) is 24.3 Å². The molecular formula is C18H24N2O4. The molecule has 0 spiro atoms. The fraction of sp³-hybridized carbons (Fsp3) is 0.556. The van der Waals surface area contributed by atoms with Crippen LogP contribution in [0.2, 0.25) is 0 Å². The number of amides is 3. The predicted molar refractivity (Wildman–Crippen MR) is 88.8 cm³/mol. The molecule has 6 heteroatoms. The van der Waals surface area contributed by atoms with Gasteiger partial charge in [-0.1, -0.05) is 19.1 Å². The number of rotatable bonds is 6. The minimum absolute atomic E-state index is 0.0157. The van der Waals surface area contributed by atoms with Crippen LogP contribution in [-0.2, 0) is 11.2 Å². The first kappa shape index (κ1) is 16.8. The normalized spacial score (nSPS) is 21.8. The molecule has 2 aliphatic heterocycles. The first-order valence-corrected chi connectivity index (χ1v) is 8.62. The van der Waals surface area contributed by atoms with E-state index in [0.29, 0.717) is 12.3 Å². The predicted octanol–water partition coefficient (Wildman–Crippen LogP) is 1.81. The van der Waals surface area contributed by atoms with Crippen LogP contribution < -0.4 is 4.74 Å². The molecule has 1 aromatic rings. The SMILES string of the molecule is CCc1cccc(OC[C@@H](O)CN2C(=O)[C@@H]3CCCCN3C2=O)c1. The number of aliphatic hydroxyl groups excluding tert-OH is 1. The van der Waals surface area contributed by atoms with Crippen molar-refractivity contribution < 1.29 is 19.4 Å². The van der Waals surface area contributed by atoms with Crippen LogP contribution in [0.25, 0.3) is 0 Å². The van der Waals surface area contributed by atoms with Gasteiger partial charge in [0.2, 0.25) is 0 Å². The summed E-state index contributed by atoms with van der Waals surface area (Å²) in [6, 6.07) is 7.07. The molecule has 2 atom stereocenters. The van der Waals surface area contributed by atoms with Gasteiger partial charge in [-0.05, 0) is 43.4 Å². The van der Waals surface area contributed by atoms with Crippen molar-refractivity contribution in [3.63, 3.8) is 0 Å². The lowest BCUT2D eigenvalue weighted by atomic mass is 10.0. The zero-order valence-corrected chi connectivity index (χ0v) is 14.0. The highest BCUT2D eigenvalue weighted by atomic mass is 16.5. The minimum Gasteiger partial charge on any atom is -0.491 e.